The van der Waals surface area contributed by atoms with Gasteiger partial charge in [-0.3, -0.25) is 4.72 Å². The van der Waals surface area contributed by atoms with Crippen LogP contribution in [-0.4, -0.2) is 163 Å². The van der Waals surface area contributed by atoms with E-state index in [1.54, 1.807) is 29.4 Å². The van der Waals surface area contributed by atoms with E-state index >= 15 is 0 Å². The number of aliphatic imine (C=N–C) groups is 1. The molecule has 0 aromatic heterocycles. The third-order valence-electron chi connectivity index (χ3n) is 16.5. The number of carbonyl (C=O) groups excluding carboxylic acids is 2. The summed E-state index contributed by atoms with van der Waals surface area (Å²) in [5.41, 5.74) is 0.739. The second-order valence-corrected chi connectivity index (χ2v) is 40.3. The Morgan fingerprint density at radius 2 is 1.26 bits per heavy atom. The largest absolute Gasteiger partial charge is 0.495 e. The summed E-state index contributed by atoms with van der Waals surface area (Å²) in [4.78, 5) is 26.0. The van der Waals surface area contributed by atoms with Gasteiger partial charge in [-0.25, -0.2) is 23.0 Å². The van der Waals surface area contributed by atoms with E-state index in [1.165, 1.54) is 57.8 Å². The van der Waals surface area contributed by atoms with Crippen molar-refractivity contribution < 1.29 is 79.1 Å². The van der Waals surface area contributed by atoms with Crippen LogP contribution in [0.2, 0.25) is 30.2 Å². The van der Waals surface area contributed by atoms with Gasteiger partial charge in [0.05, 0.1) is 87.7 Å². The Labute approximate surface area is 550 Å². The van der Waals surface area contributed by atoms with Gasteiger partial charge in [0.25, 0.3) is 10.0 Å². The van der Waals surface area contributed by atoms with Gasteiger partial charge in [-0.2, -0.15) is 0 Å². The number of sulfonamides is 1. The minimum absolute atomic E-state index is 0.00414. The SMILES string of the molecule is COC(=O)/C=C/I.COC(=O)/C=C/[C@H](O)[C@@H](C)[C@@H]1O[C@@H]2CO[Si](C(C)(C)C)(C(C)(C)C)O[C@@H]2C[C@@H]1OC.COc1cccc(C2=N[C@@H](C(C)C)CO2)c1NS(=O)(=O)c1cc(Cl)cc(Cl)c1.C[C@H](CO)[C@@H]1O[C@@H]2CO[Si](C(C)(C)C)(C(C)(C)C)O[C@@H]2C[C@@H]1C. The van der Waals surface area contributed by atoms with Crippen LogP contribution in [0.4, 0.5) is 5.69 Å². The number of anilines is 1. The zero-order valence-electron chi connectivity index (χ0n) is 55.5. The third-order valence-corrected chi connectivity index (χ3v) is 29.0. The van der Waals surface area contributed by atoms with Gasteiger partial charge in [0, 0.05) is 74.3 Å². The zero-order valence-corrected chi connectivity index (χ0v) is 62.0. The molecule has 0 spiro atoms. The summed E-state index contributed by atoms with van der Waals surface area (Å²) >= 11 is 13.9. The molecular formula is C63H101Cl2IN2O17SSi2. The van der Waals surface area contributed by atoms with Crippen LogP contribution in [0, 0.1) is 23.7 Å². The van der Waals surface area contributed by atoms with Crippen LogP contribution in [0.5, 0.6) is 5.75 Å². The van der Waals surface area contributed by atoms with Gasteiger partial charge >= 0.3 is 29.1 Å². The van der Waals surface area contributed by atoms with Crippen molar-refractivity contribution in [3.05, 3.63) is 74.3 Å². The van der Waals surface area contributed by atoms with Crippen molar-refractivity contribution in [3.8, 4) is 5.75 Å². The number of nitrogens with one attached hydrogen (secondary N) is 1. The summed E-state index contributed by atoms with van der Waals surface area (Å²) < 4.78 is 95.0. The quantitative estimate of drug-likeness (QED) is 0.0690. The van der Waals surface area contributed by atoms with Crippen LogP contribution >= 0.6 is 45.8 Å². The fourth-order valence-electron chi connectivity index (χ4n) is 12.2. The van der Waals surface area contributed by atoms with Crippen molar-refractivity contribution in [1.82, 2.24) is 0 Å². The number of rotatable bonds is 14. The van der Waals surface area contributed by atoms with E-state index in [9.17, 15) is 28.2 Å². The summed E-state index contributed by atoms with van der Waals surface area (Å²) in [6.45, 7) is 38.6. The fraction of sp³-hybridized carbons (Fsp3) is 0.698. The third kappa shape index (κ3) is 19.2. The smallest absolute Gasteiger partial charge is 0.349 e. The monoisotopic (exact) mass is 1440 g/mol. The van der Waals surface area contributed by atoms with Crippen LogP contribution < -0.4 is 9.46 Å². The number of benzene rings is 2. The van der Waals surface area contributed by atoms with Crippen molar-refractivity contribution in [2.45, 2.75) is 210 Å². The lowest BCUT2D eigenvalue weighted by Gasteiger charge is -2.57. The van der Waals surface area contributed by atoms with E-state index < -0.39 is 39.2 Å². The van der Waals surface area contributed by atoms with Crippen LogP contribution in [0.3, 0.4) is 0 Å². The highest BCUT2D eigenvalue weighted by atomic mass is 127. The van der Waals surface area contributed by atoms with E-state index in [0.717, 1.165) is 6.42 Å². The van der Waals surface area contributed by atoms with Crippen molar-refractivity contribution in [1.29, 1.82) is 0 Å². The standard InChI is InChI=1S/C22H40O7Si.C19H20Cl2N2O4S.C18H36O4Si.C4H5IO2/c1-14(15(23)10-11-19(24)26-9)20-17(25-8)12-16-18(28-20)13-27-30(29-16,21(2,3)4)22(5,6)7;1-11(2)16-10-27-19(22-16)15-5-4-6-17(26-3)18(15)23-28(24,25)14-8-12(20)7-13(21)9-14;1-12-9-14-15(21-16(12)13(2)10-19)11-20-23(22-14,17(3,4)5)18(6,7)8;1-7-4(6)2-3-5/h10-11,14-18,20,23H,12-13H2,1-9H3;4-9,11,16,23H,10H2,1-3H3;12-16,19H,9-11H2,1-8H3;2-3H,1H3/b11-10+;;;3-2+/t14-,15+,16-,17+,18-,20+;16-;12-,13+,14+,15+,16+;/m110./s1. The number of hydrogen-bond donors (Lipinski definition) is 3. The number of hydrogen-bond acceptors (Lipinski definition) is 18. The van der Waals surface area contributed by atoms with Gasteiger partial charge in [-0.05, 0) is 58.7 Å². The number of carbonyl (C=O) groups is 2. The predicted octanol–water partition coefficient (Wildman–Crippen LogP) is 12.9. The second-order valence-electron chi connectivity index (χ2n) is 27.5. The highest BCUT2D eigenvalue weighted by Gasteiger charge is 2.64. The first-order valence-corrected chi connectivity index (χ1v) is 37.1. The van der Waals surface area contributed by atoms with Crippen molar-refractivity contribution in [2.75, 3.05) is 59.6 Å². The molecule has 88 heavy (non-hydrogen) atoms. The van der Waals surface area contributed by atoms with E-state index in [2.05, 4.69) is 130 Å². The molecule has 0 unspecified atom stereocenters. The van der Waals surface area contributed by atoms with E-state index in [1.807, 2.05) is 29.5 Å². The number of nitrogens with zero attached hydrogens (tertiary/aromatic N) is 1. The molecule has 500 valence electrons. The molecule has 4 fully saturated rings. The van der Waals surface area contributed by atoms with Gasteiger partial charge in [0.2, 0.25) is 5.90 Å². The highest BCUT2D eigenvalue weighted by Crippen LogP contribution is 2.57. The van der Waals surface area contributed by atoms with Crippen LogP contribution in [0.25, 0.3) is 0 Å². The van der Waals surface area contributed by atoms with Crippen LogP contribution in [0.15, 0.2) is 68.6 Å². The lowest BCUT2D eigenvalue weighted by atomic mass is 9.85. The number of fused-ring (bicyclic) bond motifs is 2. The van der Waals surface area contributed by atoms with E-state index in [-0.39, 0.29) is 114 Å². The molecule has 12 atom stereocenters. The maximum atomic E-state index is 12.9. The Kier molecular flexibility index (Phi) is 28.6. The Balaban J connectivity index is 0.000000269. The second kappa shape index (κ2) is 32.4. The average molecular weight is 1440 g/mol. The lowest BCUT2D eigenvalue weighted by Crippen LogP contribution is -2.68. The van der Waals surface area contributed by atoms with Gasteiger partial charge in [0.15, 0.2) is 0 Å². The van der Waals surface area contributed by atoms with E-state index in [4.69, 9.17) is 64.6 Å². The predicted molar refractivity (Wildman–Crippen MR) is 358 cm³/mol. The number of ether oxygens (including phenoxy) is 7. The first kappa shape index (κ1) is 77.7. The van der Waals surface area contributed by atoms with Gasteiger partial charge in [-0.15, -0.1) is 0 Å². The maximum absolute atomic E-state index is 12.9. The highest BCUT2D eigenvalue weighted by molar-refractivity contribution is 14.1. The molecule has 0 radical (unpaired) electrons. The van der Waals surface area contributed by atoms with E-state index in [0.29, 0.717) is 55.3 Å². The Hall–Kier alpha value is -2.74. The van der Waals surface area contributed by atoms with Crippen molar-refractivity contribution in [3.63, 3.8) is 0 Å². The average Bonchev–Trinajstić information content (AvgIpc) is 1.83. The number of methoxy groups -OCH3 is 4. The molecular weight excluding hydrogens is 1340 g/mol. The van der Waals surface area contributed by atoms with Crippen molar-refractivity contribution >= 4 is 96.5 Å². The molecule has 0 bridgehead atoms. The summed E-state index contributed by atoms with van der Waals surface area (Å²) in [5, 5.41) is 20.3. The summed E-state index contributed by atoms with van der Waals surface area (Å²) in [7, 11) is -3.22. The molecule has 25 heteroatoms. The van der Waals surface area contributed by atoms with Crippen LogP contribution in [-0.2, 0) is 65.7 Å². The first-order chi connectivity index (χ1) is 40.7. The molecule has 0 amide bonds. The number of aliphatic hydroxyl groups excluding tert-OH is 2. The number of para-hydroxylation sites is 1. The topological polar surface area (TPSA) is 235 Å². The van der Waals surface area contributed by atoms with Crippen molar-refractivity contribution in [2.24, 2.45) is 28.7 Å². The molecule has 5 heterocycles. The minimum atomic E-state index is -3.98. The Morgan fingerprint density at radius 1 is 0.761 bits per heavy atom. The molecule has 2 aromatic carbocycles. The number of halogens is 3. The summed E-state index contributed by atoms with van der Waals surface area (Å²) in [5.74, 6) is 0.460. The molecule has 5 aliphatic rings. The van der Waals surface area contributed by atoms with Crippen LogP contribution in [0.1, 0.15) is 136 Å². The fourth-order valence-corrected chi connectivity index (χ4v) is 24.2. The molecule has 3 N–H and O–H groups in total. The molecule has 19 nitrogen and oxygen atoms in total. The molecule has 5 aliphatic heterocycles. The molecule has 0 saturated carbocycles. The molecule has 0 aliphatic carbocycles. The molecule has 4 saturated heterocycles. The number of aliphatic hydroxyl groups is 2. The Morgan fingerprint density at radius 3 is 1.69 bits per heavy atom. The number of esters is 2. The molecule has 7 rings (SSSR count). The van der Waals surface area contributed by atoms with Gasteiger partial charge < -0.3 is 61.1 Å². The zero-order chi connectivity index (χ0) is 66.7. The van der Waals surface area contributed by atoms with Gasteiger partial charge in [-0.1, -0.05) is 170 Å². The Bertz CT molecular complexity index is 2770. The van der Waals surface area contributed by atoms with Gasteiger partial charge in [0.1, 0.15) is 30.3 Å². The summed E-state index contributed by atoms with van der Waals surface area (Å²) in [6, 6.07) is 9.25. The first-order valence-electron chi connectivity index (χ1n) is 30.0. The molecule has 2 aromatic rings. The summed E-state index contributed by atoms with van der Waals surface area (Å²) in [6.07, 6.45) is 4.10. The lowest BCUT2D eigenvalue weighted by molar-refractivity contribution is -0.221. The normalized spacial score (nSPS) is 26.4. The maximum Gasteiger partial charge on any atom is 0.349 e. The minimum Gasteiger partial charge on any atom is -0.495 e.